The summed E-state index contributed by atoms with van der Waals surface area (Å²) in [5, 5.41) is 9.21. The third-order valence-corrected chi connectivity index (χ3v) is 2.52. The summed E-state index contributed by atoms with van der Waals surface area (Å²) in [5.41, 5.74) is 0.933. The number of carbonyl (C=O) groups excluding carboxylic acids is 1. The van der Waals surface area contributed by atoms with E-state index < -0.39 is 6.10 Å². The van der Waals surface area contributed by atoms with Crippen LogP contribution in [0.5, 0.6) is 5.75 Å². The maximum Gasteiger partial charge on any atom is 0.246 e. The molecule has 0 saturated carbocycles. The third-order valence-electron chi connectivity index (χ3n) is 2.52. The summed E-state index contributed by atoms with van der Waals surface area (Å²) in [6.45, 7) is 4.55. The summed E-state index contributed by atoms with van der Waals surface area (Å²) in [7, 11) is 1.66. The maximum atomic E-state index is 11.7. The predicted octanol–water partition coefficient (Wildman–Crippen LogP) is 1.94. The normalized spacial score (nSPS) is 12.4. The van der Waals surface area contributed by atoms with Crippen LogP contribution >= 0.6 is 0 Å². The van der Waals surface area contributed by atoms with Crippen molar-refractivity contribution in [1.29, 1.82) is 0 Å². The second-order valence-electron chi connectivity index (χ2n) is 4.40. The summed E-state index contributed by atoms with van der Waals surface area (Å²) < 4.78 is 5.34. The first-order chi connectivity index (χ1) is 9.02. The van der Waals surface area contributed by atoms with E-state index in [1.165, 1.54) is 11.0 Å². The molecule has 1 aromatic rings. The molecular weight excluding hydrogens is 242 g/mol. The summed E-state index contributed by atoms with van der Waals surface area (Å²) in [6, 6.07) is 7.52. The summed E-state index contributed by atoms with van der Waals surface area (Å²) in [6.07, 6.45) is 2.72. The van der Waals surface area contributed by atoms with Crippen LogP contribution in [0.2, 0.25) is 0 Å². The van der Waals surface area contributed by atoms with E-state index in [4.69, 9.17) is 4.74 Å². The van der Waals surface area contributed by atoms with Crippen LogP contribution in [0.1, 0.15) is 19.4 Å². The first kappa shape index (κ1) is 15.2. The van der Waals surface area contributed by atoms with Crippen LogP contribution in [-0.4, -0.2) is 42.2 Å². The molecule has 0 fully saturated rings. The Morgan fingerprint density at radius 3 is 2.58 bits per heavy atom. The van der Waals surface area contributed by atoms with Crippen molar-refractivity contribution >= 4 is 12.0 Å². The fraction of sp³-hybridized carbons (Fsp3) is 0.400. The van der Waals surface area contributed by atoms with Gasteiger partial charge >= 0.3 is 0 Å². The molecule has 1 atom stereocenters. The Bertz CT molecular complexity index is 424. The largest absolute Gasteiger partial charge is 0.494 e. The minimum absolute atomic E-state index is 0.130. The topological polar surface area (TPSA) is 49.8 Å². The van der Waals surface area contributed by atoms with Gasteiger partial charge in [0.25, 0.3) is 0 Å². The van der Waals surface area contributed by atoms with Crippen molar-refractivity contribution in [3.8, 4) is 5.75 Å². The number of ether oxygens (including phenoxy) is 1. The zero-order chi connectivity index (χ0) is 14.3. The maximum absolute atomic E-state index is 11.7. The minimum Gasteiger partial charge on any atom is -0.494 e. The zero-order valence-corrected chi connectivity index (χ0v) is 11.7. The Morgan fingerprint density at radius 2 is 2.05 bits per heavy atom. The molecule has 4 heteroatoms. The van der Waals surface area contributed by atoms with Crippen molar-refractivity contribution in [2.75, 3.05) is 20.2 Å². The van der Waals surface area contributed by atoms with Crippen molar-refractivity contribution in [2.45, 2.75) is 20.0 Å². The lowest BCUT2D eigenvalue weighted by Crippen LogP contribution is -2.31. The molecule has 1 unspecified atom stereocenters. The number of amides is 1. The summed E-state index contributed by atoms with van der Waals surface area (Å²) >= 11 is 0. The number of aliphatic hydroxyl groups is 1. The second kappa shape index (κ2) is 7.59. The molecule has 1 amide bonds. The number of likely N-dealkylation sites (N-methyl/N-ethyl adjacent to an activating group) is 1. The van der Waals surface area contributed by atoms with E-state index in [-0.39, 0.29) is 5.91 Å². The fourth-order valence-electron chi connectivity index (χ4n) is 1.62. The minimum atomic E-state index is -0.521. The number of carbonyl (C=O) groups is 1. The lowest BCUT2D eigenvalue weighted by molar-refractivity contribution is -0.125. The van der Waals surface area contributed by atoms with Gasteiger partial charge in [0.15, 0.2) is 0 Å². The van der Waals surface area contributed by atoms with E-state index in [1.807, 2.05) is 31.2 Å². The molecule has 0 heterocycles. The van der Waals surface area contributed by atoms with E-state index in [9.17, 15) is 9.90 Å². The Kier molecular flexibility index (Phi) is 6.09. The highest BCUT2D eigenvalue weighted by molar-refractivity contribution is 5.91. The van der Waals surface area contributed by atoms with Gasteiger partial charge in [-0.1, -0.05) is 12.1 Å². The number of hydrogen-bond acceptors (Lipinski definition) is 3. The van der Waals surface area contributed by atoms with Crippen LogP contribution in [0.25, 0.3) is 6.08 Å². The van der Waals surface area contributed by atoms with E-state index in [2.05, 4.69) is 0 Å². The third kappa shape index (κ3) is 5.57. The molecule has 104 valence electrons. The number of rotatable bonds is 6. The van der Waals surface area contributed by atoms with Gasteiger partial charge in [-0.25, -0.2) is 0 Å². The van der Waals surface area contributed by atoms with Crippen molar-refractivity contribution in [3.05, 3.63) is 35.9 Å². The molecule has 0 bridgehead atoms. The molecule has 1 N–H and O–H groups in total. The molecule has 4 nitrogen and oxygen atoms in total. The van der Waals surface area contributed by atoms with Crippen LogP contribution < -0.4 is 4.74 Å². The first-order valence-corrected chi connectivity index (χ1v) is 6.37. The van der Waals surface area contributed by atoms with Gasteiger partial charge < -0.3 is 14.7 Å². The highest BCUT2D eigenvalue weighted by Crippen LogP contribution is 2.13. The highest BCUT2D eigenvalue weighted by Gasteiger charge is 2.07. The predicted molar refractivity (Wildman–Crippen MR) is 76.0 cm³/mol. The van der Waals surface area contributed by atoms with E-state index in [0.717, 1.165) is 11.3 Å². The molecule has 0 spiro atoms. The lowest BCUT2D eigenvalue weighted by atomic mass is 10.2. The Balaban J connectivity index is 2.58. The zero-order valence-electron chi connectivity index (χ0n) is 11.7. The second-order valence-corrected chi connectivity index (χ2v) is 4.40. The molecular formula is C15H21NO3. The van der Waals surface area contributed by atoms with Crippen molar-refractivity contribution in [2.24, 2.45) is 0 Å². The smallest absolute Gasteiger partial charge is 0.246 e. The fourth-order valence-corrected chi connectivity index (χ4v) is 1.62. The molecule has 0 aromatic heterocycles. The van der Waals surface area contributed by atoms with Crippen molar-refractivity contribution in [3.63, 3.8) is 0 Å². The average molecular weight is 263 g/mol. The van der Waals surface area contributed by atoms with Crippen LogP contribution in [0, 0.1) is 0 Å². The summed E-state index contributed by atoms with van der Waals surface area (Å²) in [5.74, 6) is 0.687. The van der Waals surface area contributed by atoms with Gasteiger partial charge in [-0.2, -0.15) is 0 Å². The van der Waals surface area contributed by atoms with Gasteiger partial charge in [-0.05, 0) is 37.6 Å². The Hall–Kier alpha value is -1.81. The molecule has 0 aliphatic heterocycles. The Labute approximate surface area is 114 Å². The average Bonchev–Trinajstić information content (AvgIpc) is 2.37. The van der Waals surface area contributed by atoms with Gasteiger partial charge in [0.05, 0.1) is 12.7 Å². The number of hydrogen-bond donors (Lipinski definition) is 1. The van der Waals surface area contributed by atoms with E-state index >= 15 is 0 Å². The van der Waals surface area contributed by atoms with Crippen LogP contribution in [0.3, 0.4) is 0 Å². The molecule has 1 rings (SSSR count). The number of nitrogens with zero attached hydrogens (tertiary/aromatic N) is 1. The lowest BCUT2D eigenvalue weighted by Gasteiger charge is -2.16. The molecule has 1 aromatic carbocycles. The van der Waals surface area contributed by atoms with Crippen molar-refractivity contribution < 1.29 is 14.6 Å². The van der Waals surface area contributed by atoms with Gasteiger partial charge in [0, 0.05) is 19.7 Å². The number of aliphatic hydroxyl groups excluding tert-OH is 1. The highest BCUT2D eigenvalue weighted by atomic mass is 16.5. The molecule has 0 radical (unpaired) electrons. The van der Waals surface area contributed by atoms with Gasteiger partial charge in [-0.3, -0.25) is 4.79 Å². The molecule has 0 aliphatic carbocycles. The van der Waals surface area contributed by atoms with Crippen molar-refractivity contribution in [1.82, 2.24) is 4.90 Å². The SMILES string of the molecule is CCOc1ccc(C=CC(=O)N(C)CC(C)O)cc1. The molecule has 19 heavy (non-hydrogen) atoms. The van der Waals surface area contributed by atoms with Gasteiger partial charge in [0.2, 0.25) is 5.91 Å². The standard InChI is InChI=1S/C15H21NO3/c1-4-19-14-8-5-13(6-9-14)7-10-15(18)16(3)11-12(2)17/h5-10,12,17H,4,11H2,1-3H3. The van der Waals surface area contributed by atoms with Gasteiger partial charge in [-0.15, -0.1) is 0 Å². The molecule has 0 aliphatic rings. The van der Waals surface area contributed by atoms with Gasteiger partial charge in [0.1, 0.15) is 5.75 Å². The van der Waals surface area contributed by atoms with Crippen LogP contribution in [-0.2, 0) is 4.79 Å². The van der Waals surface area contributed by atoms with Crippen LogP contribution in [0.4, 0.5) is 0 Å². The summed E-state index contributed by atoms with van der Waals surface area (Å²) in [4.78, 5) is 13.2. The van der Waals surface area contributed by atoms with E-state index in [0.29, 0.717) is 13.2 Å². The monoisotopic (exact) mass is 263 g/mol. The molecule has 0 saturated heterocycles. The number of benzene rings is 1. The Morgan fingerprint density at radius 1 is 1.42 bits per heavy atom. The first-order valence-electron chi connectivity index (χ1n) is 6.37. The van der Waals surface area contributed by atoms with Crippen LogP contribution in [0.15, 0.2) is 30.3 Å². The quantitative estimate of drug-likeness (QED) is 0.798. The van der Waals surface area contributed by atoms with E-state index in [1.54, 1.807) is 20.0 Å².